The van der Waals surface area contributed by atoms with Crippen molar-refractivity contribution in [2.24, 2.45) is 0 Å². The largest absolute Gasteiger partial charge is 0.573 e. The zero-order valence-corrected chi connectivity index (χ0v) is 78.5. The molecule has 0 bridgehead atoms. The highest BCUT2D eigenvalue weighted by molar-refractivity contribution is 7.15. The van der Waals surface area contributed by atoms with Crippen LogP contribution in [-0.2, 0) is 131 Å². The van der Waals surface area contributed by atoms with E-state index in [1.54, 1.807) is 54.7 Å². The SMILES string of the molecule is O=C(Cc1cccc(OC(F)(F)F)c1)Cc1ccc(Cl)nn1.[2H]C([2H])(CC[N+]#[C-])C([2H])([2H])c1ccc(CC(=O)Cc2cccc(OC(F)(F)F)c2)nn1.[2H]C([2H])(CCc1nnc(N)s1)C([2H])([2H])c1ccc(CC(=O)Cc2cccc(OC(F)(F)F)c2)nn1.[2H]C([2H])(CCc1nnc(NC(=O)Cc2ccccn2)s1)C([2H])([2H])c1ccc(CC(=O)Cc2cccc(OC(F)(F)F)c2)nn1.[C-]#[N+]CCC#Cc1ccc(CC(=O)Cc2cccc(OC(F)(F)F)c2)nn1. The number of halogens is 16. The van der Waals surface area contributed by atoms with Crippen LogP contribution >= 0.6 is 34.3 Å². The van der Waals surface area contributed by atoms with E-state index in [-0.39, 0.29) is 205 Å². The Morgan fingerprint density at radius 1 is 0.361 bits per heavy atom. The number of Topliss-reactive ketones (excluding diaryl/α,β-unsaturated/α-hetero) is 5. The molecule has 48 heteroatoms. The number of anilines is 2. The Balaban J connectivity index is 0.000000223. The second-order valence-electron chi connectivity index (χ2n) is 30.0. The van der Waals surface area contributed by atoms with Gasteiger partial charge in [0.2, 0.25) is 29.3 Å². The third kappa shape index (κ3) is 48.9. The molecule has 0 fully saturated rings. The van der Waals surface area contributed by atoms with Gasteiger partial charge in [-0.05, 0) is 218 Å². The molecule has 0 spiro atoms. The van der Waals surface area contributed by atoms with E-state index in [2.05, 4.69) is 127 Å². The van der Waals surface area contributed by atoms with E-state index in [1.165, 1.54) is 115 Å². The van der Waals surface area contributed by atoms with Gasteiger partial charge in [-0.1, -0.05) is 107 Å². The molecule has 8 aromatic heterocycles. The number of nitrogens with one attached hydrogen (secondary N) is 1. The first-order valence-corrected chi connectivity index (χ1v) is 44.8. The van der Waals surface area contributed by atoms with E-state index in [1.807, 2.05) is 0 Å². The number of hydrogen-bond donors (Lipinski definition) is 2. The number of aryl methyl sites for hydroxylation is 5. The number of ketones is 5. The predicted octanol–water partition coefficient (Wildman–Crippen LogP) is 19.2. The summed E-state index contributed by atoms with van der Waals surface area (Å²) in [5.41, 5.74) is 8.99. The van der Waals surface area contributed by atoms with Crippen molar-refractivity contribution >= 4 is 79.4 Å². The molecule has 0 saturated carbocycles. The van der Waals surface area contributed by atoms with Crippen molar-refractivity contribution in [3.8, 4) is 40.6 Å². The third-order valence-electron chi connectivity index (χ3n) is 17.9. The Bertz CT molecular complexity index is 7220. The van der Waals surface area contributed by atoms with Gasteiger partial charge < -0.3 is 44.4 Å². The molecule has 3 N–H and O–H groups in total. The minimum Gasteiger partial charge on any atom is -0.406 e. The van der Waals surface area contributed by atoms with Crippen molar-refractivity contribution in [3.63, 3.8) is 0 Å². The molecule has 0 radical (unpaired) electrons. The van der Waals surface area contributed by atoms with Crippen LogP contribution in [0.5, 0.6) is 28.7 Å². The predicted molar refractivity (Wildman–Crippen MR) is 504 cm³/mol. The average molecular weight is 2120 g/mol. The molecule has 0 unspecified atom stereocenters. The number of carbonyl (C=O) groups excluding carboxylic acids is 6. The highest BCUT2D eigenvalue weighted by atomic mass is 35.5. The standard InChI is InChI=1S/C27H25F3N6O3S.C20H20F3N5O2S.C19H18F3N3O2.C19H14F3N3O2.C14H10ClF3N2O2/c28-27(29,30)39-23-9-5-6-18(15-23)14-22(37)16-21-12-11-19(33-34-21)7-1-2-10-25-35-36-26(40-25)32-24(38)17-20-8-3-4-13-31-20;21-20(22,23)30-17-6-3-4-13(11-17)10-16(29)12-15-9-8-14(25-26-15)5-1-2-7-18-27-28-19(24)31-18;2*1-23-10-3-2-6-15-8-9-16(25-24-15)13-17(26)11-14-5-4-7-18(12-14)27-19(20,21)22;15-13-5-4-10(19-20-13)8-11(21)6-9-2-1-3-12(7-9)22-14(16,17)18/h3-6,8-9,11-13,15H,1-2,7,10,14,16-17H2,(H,32,36,38);3-4,6,8-9,11H,1-2,5,7,10,12H2,(H2,24,28);4-5,7-9,12H,2-3,6,10-11,13H2;4-5,7-9,12H,3,10-11,13H2;1-5,7H,6,8H2/i1D2,7D2;1D2,5D2;2D2,6D2;;. The molecule has 1 amide bonds. The Morgan fingerprint density at radius 2 is 0.694 bits per heavy atom. The van der Waals surface area contributed by atoms with Crippen molar-refractivity contribution in [3.05, 3.63) is 329 Å². The van der Waals surface area contributed by atoms with Crippen molar-refractivity contribution in [1.29, 1.82) is 0 Å². The Morgan fingerprint density at radius 3 is 1.01 bits per heavy atom. The fourth-order valence-electron chi connectivity index (χ4n) is 12.0. The molecule has 0 saturated heterocycles. The van der Waals surface area contributed by atoms with Gasteiger partial charge in [-0.2, -0.15) is 40.8 Å². The maximum Gasteiger partial charge on any atom is 0.573 e. The average Bonchev–Trinajstić information content (AvgIpc) is 0.886. The number of pyridine rings is 1. The molecular weight excluding hydrogens is 2020 g/mol. The molecule has 30 nitrogen and oxygen atoms in total. The van der Waals surface area contributed by atoms with E-state index < -0.39 is 87.3 Å². The van der Waals surface area contributed by atoms with E-state index >= 15 is 0 Å². The van der Waals surface area contributed by atoms with E-state index in [0.29, 0.717) is 73.6 Å². The lowest BCUT2D eigenvalue weighted by atomic mass is 10.1. The first-order chi connectivity index (χ1) is 74.5. The summed E-state index contributed by atoms with van der Waals surface area (Å²) in [6, 6.07) is 45.1. The summed E-state index contributed by atoms with van der Waals surface area (Å²) >= 11 is 7.73. The van der Waals surface area contributed by atoms with Crippen molar-refractivity contribution in [2.75, 3.05) is 24.1 Å². The molecule has 13 rings (SSSR count). The van der Waals surface area contributed by atoms with Gasteiger partial charge in [0, 0.05) is 79.7 Å². The first-order valence-electron chi connectivity index (χ1n) is 48.8. The van der Waals surface area contributed by atoms with Crippen LogP contribution in [0.4, 0.5) is 76.1 Å². The highest BCUT2D eigenvalue weighted by Crippen LogP contribution is 2.31. The third-order valence-corrected chi connectivity index (χ3v) is 19.8. The molecule has 768 valence electrons. The minimum absolute atomic E-state index is 0.00277. The lowest BCUT2D eigenvalue weighted by molar-refractivity contribution is -0.275. The number of alkyl halides is 15. The Labute approximate surface area is 859 Å². The zero-order chi connectivity index (χ0) is 117. The summed E-state index contributed by atoms with van der Waals surface area (Å²) in [6.07, 6.45) is -38.4. The van der Waals surface area contributed by atoms with Crippen LogP contribution in [0.15, 0.2) is 206 Å². The number of rotatable bonds is 43. The number of aromatic nitrogens is 15. The van der Waals surface area contributed by atoms with Gasteiger partial charge in [0.1, 0.15) is 73.4 Å². The number of carbonyl (C=O) groups is 6. The fourth-order valence-corrected chi connectivity index (χ4v) is 13.5. The van der Waals surface area contributed by atoms with Crippen LogP contribution < -0.4 is 34.7 Å². The number of nitrogens with zero attached hydrogens (tertiary/aromatic N) is 17. The number of amides is 1. The van der Waals surface area contributed by atoms with Gasteiger partial charge >= 0.3 is 31.8 Å². The Kier molecular flexibility index (Phi) is 38.5. The lowest BCUT2D eigenvalue weighted by Gasteiger charge is -2.09. The molecule has 0 aliphatic rings. The van der Waals surface area contributed by atoms with Crippen LogP contribution in [0, 0.1) is 25.0 Å². The highest BCUT2D eigenvalue weighted by Gasteiger charge is 2.35. The molecule has 13 aromatic rings. The summed E-state index contributed by atoms with van der Waals surface area (Å²) in [4.78, 5) is 83.6. The van der Waals surface area contributed by atoms with Gasteiger partial charge in [0.05, 0.1) is 90.5 Å². The lowest BCUT2D eigenvalue weighted by Crippen LogP contribution is -2.17. The molecule has 8 heterocycles. The summed E-state index contributed by atoms with van der Waals surface area (Å²) in [6.45, 7) is 13.5. The maximum absolute atomic E-state index is 12.5. The van der Waals surface area contributed by atoms with Gasteiger partial charge in [-0.15, -0.1) is 96.4 Å². The zero-order valence-electron chi connectivity index (χ0n) is 88.1. The van der Waals surface area contributed by atoms with Crippen molar-refractivity contribution in [2.45, 2.75) is 179 Å². The van der Waals surface area contributed by atoms with Gasteiger partial charge in [-0.25, -0.2) is 13.1 Å². The molecule has 147 heavy (non-hydrogen) atoms. The van der Waals surface area contributed by atoms with E-state index in [4.69, 9.17) is 46.9 Å². The number of benzene rings is 5. The monoisotopic (exact) mass is 2110 g/mol. The van der Waals surface area contributed by atoms with Crippen LogP contribution in [0.3, 0.4) is 0 Å². The number of nitrogens with two attached hydrogens (primary N) is 1. The normalized spacial score (nSPS) is 12.9. The number of hydrogen-bond acceptors (Lipinski definition) is 29. The minimum atomic E-state index is -4.86. The quantitative estimate of drug-likeness (QED) is 0.0155. The molecule has 0 aliphatic heterocycles. The van der Waals surface area contributed by atoms with Crippen LogP contribution in [0.2, 0.25) is 5.15 Å². The summed E-state index contributed by atoms with van der Waals surface area (Å²) in [7, 11) is 0. The second-order valence-corrected chi connectivity index (χ2v) is 32.5. The fraction of sp³-hybridized carbons (Fsp3) is 0.303. The topological polar surface area (TPSA) is 389 Å². The molecule has 0 aliphatic carbocycles. The number of nitrogen functional groups attached to an aromatic ring is 1. The number of ether oxygens (including phenoxy) is 5. The summed E-state index contributed by atoms with van der Waals surface area (Å²) in [5.74, 6) is 1.66. The molecule has 5 aromatic carbocycles. The first kappa shape index (κ1) is 97.3. The summed E-state index contributed by atoms with van der Waals surface area (Å²) < 4.78 is 302. The van der Waals surface area contributed by atoms with Crippen LogP contribution in [0.25, 0.3) is 9.69 Å². The second kappa shape index (κ2) is 58.2. The Hall–Kier alpha value is -15.8. The van der Waals surface area contributed by atoms with Crippen molar-refractivity contribution < 1.29 is 135 Å². The van der Waals surface area contributed by atoms with E-state index in [0.717, 1.165) is 59.1 Å². The van der Waals surface area contributed by atoms with Gasteiger partial charge in [0.15, 0.2) is 5.15 Å². The smallest absolute Gasteiger partial charge is 0.406 e. The van der Waals surface area contributed by atoms with E-state index in [9.17, 15) is 94.6 Å². The molecule has 0 atom stereocenters. The maximum atomic E-state index is 12.5. The molecular formula is C99H87ClF15N19O11S2. The van der Waals surface area contributed by atoms with Crippen molar-refractivity contribution in [1.82, 2.24) is 76.4 Å². The van der Waals surface area contributed by atoms with Crippen LogP contribution in [0.1, 0.15) is 156 Å². The van der Waals surface area contributed by atoms with Gasteiger partial charge in [0.25, 0.3) is 0 Å². The van der Waals surface area contributed by atoms with Gasteiger partial charge in [-0.3, -0.25) is 33.8 Å². The van der Waals surface area contributed by atoms with Crippen LogP contribution in [-0.4, -0.2) is 156 Å². The summed E-state index contributed by atoms with van der Waals surface area (Å²) in [5, 5.41) is 57.4.